The van der Waals surface area contributed by atoms with Gasteiger partial charge in [-0.3, -0.25) is 0 Å². The van der Waals surface area contributed by atoms with Crippen molar-refractivity contribution in [3.63, 3.8) is 0 Å². The molecule has 0 spiro atoms. The van der Waals surface area contributed by atoms with Gasteiger partial charge in [0.25, 0.3) is 0 Å². The van der Waals surface area contributed by atoms with Gasteiger partial charge in [0, 0.05) is 0 Å². The second kappa shape index (κ2) is 5.67. The van der Waals surface area contributed by atoms with Crippen LogP contribution in [0.5, 0.6) is 0 Å². The van der Waals surface area contributed by atoms with Crippen LogP contribution >= 0.6 is 0 Å². The van der Waals surface area contributed by atoms with Crippen molar-refractivity contribution in [3.05, 3.63) is 19.3 Å². The van der Waals surface area contributed by atoms with E-state index in [-0.39, 0.29) is 0 Å². The quantitative estimate of drug-likeness (QED) is 0.479. The molecule has 0 aliphatic heterocycles. The van der Waals surface area contributed by atoms with Crippen LogP contribution in [0.1, 0.15) is 19.3 Å². The Morgan fingerprint density at radius 1 is 1.57 bits per heavy atom. The van der Waals surface area contributed by atoms with Gasteiger partial charge in [-0.15, -0.1) is 0 Å². The molecule has 0 saturated carbocycles. The first-order valence-corrected chi connectivity index (χ1v) is 2.46. The van der Waals surface area contributed by atoms with Crippen molar-refractivity contribution in [2.24, 2.45) is 0 Å². The largest absolute Gasteiger partial charge is 0.216 e. The number of unbranched alkanes of at least 4 members (excludes halogenated alkanes) is 2. The molecule has 0 unspecified atom stereocenters. The molecule has 0 aromatic carbocycles. The molecule has 1 heteroatoms. The molecule has 0 aliphatic carbocycles. The van der Waals surface area contributed by atoms with Crippen LogP contribution in [0, 0.1) is 6.92 Å². The summed E-state index contributed by atoms with van der Waals surface area (Å²) < 4.78 is 11.1. The lowest BCUT2D eigenvalue weighted by Crippen LogP contribution is -1.63. The number of hydrogen-bond donors (Lipinski definition) is 0. The smallest absolute Gasteiger partial charge is 0.0827 e. The highest BCUT2D eigenvalue weighted by atomic mass is 19.1. The fourth-order valence-corrected chi connectivity index (χ4v) is 0.325. The third-order valence-corrected chi connectivity index (χ3v) is 0.710. The van der Waals surface area contributed by atoms with Gasteiger partial charge in [-0.2, -0.15) is 0 Å². The fraction of sp³-hybridized carbons (Fsp3) is 0.500. The molecule has 7 heavy (non-hydrogen) atoms. The van der Waals surface area contributed by atoms with Gasteiger partial charge in [0.1, 0.15) is 0 Å². The van der Waals surface area contributed by atoms with E-state index >= 15 is 0 Å². The van der Waals surface area contributed by atoms with E-state index in [0.29, 0.717) is 6.33 Å². The first kappa shape index (κ1) is 6.67. The third-order valence-electron chi connectivity index (χ3n) is 0.710. The highest BCUT2D eigenvalue weighted by Gasteiger charge is 1.74. The maximum absolute atomic E-state index is 11.1. The van der Waals surface area contributed by atoms with Crippen LogP contribution in [0.4, 0.5) is 4.39 Å². The predicted molar refractivity (Wildman–Crippen MR) is 29.5 cm³/mol. The summed E-state index contributed by atoms with van der Waals surface area (Å²) in [4.78, 5) is 0. The van der Waals surface area contributed by atoms with E-state index in [1.54, 1.807) is 0 Å². The Bertz CT molecular complexity index is 48.1. The molecule has 0 aromatic heterocycles. The molecule has 0 aromatic rings. The summed E-state index contributed by atoms with van der Waals surface area (Å²) in [6.07, 6.45) is 4.78. The average molecular weight is 101 g/mol. The number of rotatable bonds is 3. The van der Waals surface area contributed by atoms with E-state index in [2.05, 4.69) is 6.92 Å². The maximum atomic E-state index is 11.1. The third kappa shape index (κ3) is 5.67. The normalized spacial score (nSPS) is 10.6. The monoisotopic (exact) mass is 101 g/mol. The molecule has 0 aliphatic rings. The molecular formula is C6H10F. The van der Waals surface area contributed by atoms with Gasteiger partial charge in [-0.05, 0) is 12.8 Å². The van der Waals surface area contributed by atoms with Crippen molar-refractivity contribution in [1.29, 1.82) is 0 Å². The lowest BCUT2D eigenvalue weighted by atomic mass is 10.2. The Kier molecular flexibility index (Phi) is 5.40. The zero-order valence-electron chi connectivity index (χ0n) is 4.36. The maximum Gasteiger partial charge on any atom is 0.0827 e. The topological polar surface area (TPSA) is 0 Å². The van der Waals surface area contributed by atoms with Crippen LogP contribution in [0.15, 0.2) is 12.4 Å². The molecule has 0 N–H and O–H groups in total. The summed E-state index contributed by atoms with van der Waals surface area (Å²) in [6.45, 7) is 3.60. The molecule has 0 heterocycles. The Hall–Kier alpha value is -0.330. The van der Waals surface area contributed by atoms with E-state index < -0.39 is 0 Å². The zero-order valence-corrected chi connectivity index (χ0v) is 4.36. The molecule has 41 valence electrons. The molecule has 0 atom stereocenters. The molecule has 0 amide bonds. The average Bonchev–Trinajstić information content (AvgIpc) is 1.69. The highest BCUT2D eigenvalue weighted by molar-refractivity contribution is 4.71. The molecule has 0 bridgehead atoms. The van der Waals surface area contributed by atoms with Gasteiger partial charge in [0.15, 0.2) is 0 Å². The minimum absolute atomic E-state index is 0.579. The first-order chi connectivity index (χ1) is 3.41. The molecule has 1 radical (unpaired) electrons. The summed E-state index contributed by atoms with van der Waals surface area (Å²) in [5.74, 6) is 0. The number of halogens is 1. The summed E-state index contributed by atoms with van der Waals surface area (Å²) in [5, 5.41) is 0. The van der Waals surface area contributed by atoms with Crippen LogP contribution in [0.3, 0.4) is 0 Å². The zero-order chi connectivity index (χ0) is 5.54. The summed E-state index contributed by atoms with van der Waals surface area (Å²) in [6, 6.07) is 0. The fourth-order valence-electron chi connectivity index (χ4n) is 0.325. The van der Waals surface area contributed by atoms with Gasteiger partial charge in [-0.1, -0.05) is 19.4 Å². The molecular weight excluding hydrogens is 91.1 g/mol. The van der Waals surface area contributed by atoms with E-state index in [1.165, 1.54) is 6.08 Å². The number of allylic oxidation sites excluding steroid dienone is 1. The van der Waals surface area contributed by atoms with Crippen LogP contribution < -0.4 is 0 Å². The highest BCUT2D eigenvalue weighted by Crippen LogP contribution is 1.93. The Morgan fingerprint density at radius 2 is 2.29 bits per heavy atom. The van der Waals surface area contributed by atoms with Crippen LogP contribution in [-0.4, -0.2) is 0 Å². The minimum atomic E-state index is 0.579. The van der Waals surface area contributed by atoms with Gasteiger partial charge in [0.2, 0.25) is 0 Å². The first-order valence-electron chi connectivity index (χ1n) is 2.46. The van der Waals surface area contributed by atoms with Gasteiger partial charge >= 0.3 is 0 Å². The van der Waals surface area contributed by atoms with E-state index in [0.717, 1.165) is 19.3 Å². The van der Waals surface area contributed by atoms with Crippen molar-refractivity contribution < 1.29 is 4.39 Å². The van der Waals surface area contributed by atoms with Crippen LogP contribution in [0.2, 0.25) is 0 Å². The lowest BCUT2D eigenvalue weighted by Gasteiger charge is -1.82. The molecule has 0 rings (SSSR count). The molecule has 0 nitrogen and oxygen atoms in total. The van der Waals surface area contributed by atoms with Crippen LogP contribution in [-0.2, 0) is 0 Å². The van der Waals surface area contributed by atoms with E-state index in [9.17, 15) is 4.39 Å². The van der Waals surface area contributed by atoms with Crippen LogP contribution in [0.25, 0.3) is 0 Å². The number of hydrogen-bond acceptors (Lipinski definition) is 0. The lowest BCUT2D eigenvalue weighted by molar-refractivity contribution is 0.709. The minimum Gasteiger partial charge on any atom is -0.216 e. The standard InChI is InChI=1S/C6H10F/c1-2-3-4-5-6-7/h5-6H,1-4H2. The van der Waals surface area contributed by atoms with E-state index in [1.807, 2.05) is 0 Å². The van der Waals surface area contributed by atoms with Crippen molar-refractivity contribution in [1.82, 2.24) is 0 Å². The Balaban J connectivity index is 2.69. The second-order valence-electron chi connectivity index (χ2n) is 1.36. The predicted octanol–water partition coefficient (Wildman–Crippen LogP) is 2.47. The van der Waals surface area contributed by atoms with Crippen molar-refractivity contribution in [2.45, 2.75) is 19.3 Å². The van der Waals surface area contributed by atoms with Crippen molar-refractivity contribution in [3.8, 4) is 0 Å². The van der Waals surface area contributed by atoms with Crippen molar-refractivity contribution >= 4 is 0 Å². The summed E-state index contributed by atoms with van der Waals surface area (Å²) in [5.41, 5.74) is 0. The van der Waals surface area contributed by atoms with E-state index in [4.69, 9.17) is 0 Å². The van der Waals surface area contributed by atoms with Gasteiger partial charge in [0.05, 0.1) is 6.33 Å². The summed E-state index contributed by atoms with van der Waals surface area (Å²) >= 11 is 0. The summed E-state index contributed by atoms with van der Waals surface area (Å²) in [7, 11) is 0. The van der Waals surface area contributed by atoms with Gasteiger partial charge in [-0.25, -0.2) is 4.39 Å². The molecule has 0 saturated heterocycles. The molecule has 0 fully saturated rings. The SMILES string of the molecule is [CH2]CCCC=CF. The Morgan fingerprint density at radius 3 is 2.71 bits per heavy atom. The van der Waals surface area contributed by atoms with Gasteiger partial charge < -0.3 is 0 Å². The van der Waals surface area contributed by atoms with Crippen molar-refractivity contribution in [2.75, 3.05) is 0 Å². The Labute approximate surface area is 44.0 Å². The second-order valence-corrected chi connectivity index (χ2v) is 1.36.